The molecule has 0 saturated heterocycles. The number of allylic oxidation sites excluding steroid dienone is 14. The Morgan fingerprint density at radius 1 is 0.911 bits per heavy atom. The summed E-state index contributed by atoms with van der Waals surface area (Å²) in [4.78, 5) is 0. The van der Waals surface area contributed by atoms with E-state index in [1.54, 1.807) is 38.3 Å². The second kappa shape index (κ2) is 15.6. The summed E-state index contributed by atoms with van der Waals surface area (Å²) in [7, 11) is 0. The predicted octanol–water partition coefficient (Wildman–Crippen LogP) is 11.8. The van der Waals surface area contributed by atoms with Crippen LogP contribution >= 0.6 is 0 Å². The first kappa shape index (κ1) is 33.5. The van der Waals surface area contributed by atoms with Gasteiger partial charge >= 0.3 is 0 Å². The lowest BCUT2D eigenvalue weighted by Crippen LogP contribution is -2.41. The topological polar surface area (TPSA) is 0 Å². The van der Waals surface area contributed by atoms with E-state index in [1.807, 2.05) is 0 Å². The molecule has 240 valence electrons. The van der Waals surface area contributed by atoms with Gasteiger partial charge in [-0.3, -0.25) is 0 Å². The average Bonchev–Trinajstić information content (AvgIpc) is 3.07. The molecule has 0 aliphatic heterocycles. The van der Waals surface area contributed by atoms with Crippen molar-refractivity contribution in [1.82, 2.24) is 0 Å². The number of rotatable bonds is 12. The monoisotopic (exact) mass is 600 g/mol. The molecule has 0 N–H and O–H groups in total. The molecule has 0 nitrogen and oxygen atoms in total. The van der Waals surface area contributed by atoms with Gasteiger partial charge in [-0.05, 0) is 145 Å². The highest BCUT2D eigenvalue weighted by Crippen LogP contribution is 2.41. The van der Waals surface area contributed by atoms with Crippen LogP contribution in [0.5, 0.6) is 0 Å². The van der Waals surface area contributed by atoms with Crippen molar-refractivity contribution in [3.8, 4) is 0 Å². The summed E-state index contributed by atoms with van der Waals surface area (Å²) in [5.41, 5.74) is 12.7. The van der Waals surface area contributed by atoms with E-state index < -0.39 is 0 Å². The Morgan fingerprint density at radius 3 is 2.36 bits per heavy atom. The first-order valence-corrected chi connectivity index (χ1v) is 18.5. The van der Waals surface area contributed by atoms with E-state index in [1.165, 1.54) is 61.6 Å². The predicted molar refractivity (Wildman–Crippen MR) is 200 cm³/mol. The summed E-state index contributed by atoms with van der Waals surface area (Å²) in [6.07, 6.45) is 37.1. The van der Waals surface area contributed by atoms with Gasteiger partial charge in [-0.2, -0.15) is 0 Å². The SMILES string of the molecule is CC=C(CC)c1ccc(C2=CC=C(C(C)C(CC3C=CC=CC3)C3=CCCC=C3)CC2)c2c1=C(CC)C(CC(C)C)CC=2CC. The van der Waals surface area contributed by atoms with Crippen molar-refractivity contribution in [2.45, 2.75) is 119 Å². The van der Waals surface area contributed by atoms with E-state index in [-0.39, 0.29) is 0 Å². The fraction of sp³-hybridized carbons (Fsp3) is 0.511. The second-order valence-electron chi connectivity index (χ2n) is 14.5. The van der Waals surface area contributed by atoms with Crippen LogP contribution in [0.1, 0.15) is 130 Å². The average molecular weight is 601 g/mol. The van der Waals surface area contributed by atoms with Crippen molar-refractivity contribution < 1.29 is 0 Å². The Kier molecular flexibility index (Phi) is 11.6. The minimum Gasteiger partial charge on any atom is -0.0840 e. The lowest BCUT2D eigenvalue weighted by Gasteiger charge is -2.33. The quantitative estimate of drug-likeness (QED) is 0.224. The Labute approximate surface area is 275 Å². The number of benzene rings is 1. The third kappa shape index (κ3) is 7.42. The number of hydrogen-bond acceptors (Lipinski definition) is 0. The standard InChI is InChI=1S/C45H60/c1-8-34(9-2)41-26-27-42(44-35(10-3)30-39(28-31(5)6)40(11-4)45(41)44)38-24-22-36(23-25-38)32(7)43(37-20-16-13-17-21-37)29-33-18-14-12-15-19-33/h8,12,14-16,18,20-22,24,26-27,31-33,39,43H,9-11,13,17,19,23,25,28-30H2,1-7H3. The molecule has 0 spiro atoms. The van der Waals surface area contributed by atoms with E-state index in [2.05, 4.69) is 121 Å². The van der Waals surface area contributed by atoms with Gasteiger partial charge in [0, 0.05) is 0 Å². The molecular weight excluding hydrogens is 540 g/mol. The Bertz CT molecular complexity index is 1560. The van der Waals surface area contributed by atoms with Crippen LogP contribution in [0, 0.1) is 29.6 Å². The zero-order chi connectivity index (χ0) is 31.9. The van der Waals surface area contributed by atoms with Crippen molar-refractivity contribution in [2.75, 3.05) is 0 Å². The van der Waals surface area contributed by atoms with Crippen molar-refractivity contribution in [1.29, 1.82) is 0 Å². The zero-order valence-corrected chi connectivity index (χ0v) is 29.6. The van der Waals surface area contributed by atoms with Crippen LogP contribution in [-0.4, -0.2) is 0 Å². The van der Waals surface area contributed by atoms with Crippen LogP contribution in [0.2, 0.25) is 0 Å². The Balaban J connectivity index is 1.58. The Hall–Kier alpha value is -2.86. The highest BCUT2D eigenvalue weighted by atomic mass is 14.3. The van der Waals surface area contributed by atoms with Crippen LogP contribution in [0.25, 0.3) is 22.3 Å². The summed E-state index contributed by atoms with van der Waals surface area (Å²) < 4.78 is 0. The van der Waals surface area contributed by atoms with Crippen LogP contribution in [0.4, 0.5) is 0 Å². The normalized spacial score (nSPS) is 23.1. The van der Waals surface area contributed by atoms with Gasteiger partial charge < -0.3 is 0 Å². The van der Waals surface area contributed by atoms with Gasteiger partial charge in [0.2, 0.25) is 0 Å². The maximum absolute atomic E-state index is 2.54. The molecule has 0 saturated carbocycles. The molecular formula is C45H60. The number of hydrogen-bond donors (Lipinski definition) is 0. The van der Waals surface area contributed by atoms with Crippen molar-refractivity contribution >= 4 is 22.3 Å². The molecule has 0 radical (unpaired) electrons. The summed E-state index contributed by atoms with van der Waals surface area (Å²) in [6, 6.07) is 4.98. The van der Waals surface area contributed by atoms with E-state index >= 15 is 0 Å². The molecule has 4 unspecified atom stereocenters. The Morgan fingerprint density at radius 2 is 1.76 bits per heavy atom. The van der Waals surface area contributed by atoms with Crippen LogP contribution in [0.3, 0.4) is 0 Å². The fourth-order valence-corrected chi connectivity index (χ4v) is 8.88. The van der Waals surface area contributed by atoms with Gasteiger partial charge in [0.05, 0.1) is 0 Å². The molecule has 0 aromatic heterocycles. The summed E-state index contributed by atoms with van der Waals surface area (Å²) in [5.74, 6) is 3.18. The van der Waals surface area contributed by atoms with Crippen LogP contribution in [0.15, 0.2) is 84.0 Å². The molecule has 0 fully saturated rings. The molecule has 0 bridgehead atoms. The van der Waals surface area contributed by atoms with Crippen molar-refractivity contribution in [3.63, 3.8) is 0 Å². The maximum atomic E-state index is 2.54. The van der Waals surface area contributed by atoms with Crippen molar-refractivity contribution in [3.05, 3.63) is 106 Å². The third-order valence-corrected chi connectivity index (χ3v) is 11.3. The van der Waals surface area contributed by atoms with Gasteiger partial charge in [-0.1, -0.05) is 131 Å². The molecule has 1 aromatic carbocycles. The molecule has 5 rings (SSSR count). The largest absolute Gasteiger partial charge is 0.0840 e. The molecule has 0 amide bonds. The third-order valence-electron chi connectivity index (χ3n) is 11.3. The number of fused-ring (bicyclic) bond motifs is 1. The van der Waals surface area contributed by atoms with E-state index in [0.717, 1.165) is 31.6 Å². The smallest absolute Gasteiger partial charge is 0.00964 e. The van der Waals surface area contributed by atoms with Gasteiger partial charge in [-0.25, -0.2) is 0 Å². The lowest BCUT2D eigenvalue weighted by molar-refractivity contribution is 0.380. The molecule has 0 heterocycles. The molecule has 4 aliphatic rings. The van der Waals surface area contributed by atoms with Gasteiger partial charge in [-0.15, -0.1) is 0 Å². The molecule has 0 heteroatoms. The fourth-order valence-electron chi connectivity index (χ4n) is 8.88. The van der Waals surface area contributed by atoms with E-state index in [0.29, 0.717) is 23.7 Å². The van der Waals surface area contributed by atoms with Gasteiger partial charge in [0.15, 0.2) is 0 Å². The van der Waals surface area contributed by atoms with Gasteiger partial charge in [0.1, 0.15) is 0 Å². The summed E-state index contributed by atoms with van der Waals surface area (Å²) in [5, 5.41) is 3.21. The maximum Gasteiger partial charge on any atom is -0.00964 e. The minimum absolute atomic E-state index is 0.559. The molecule has 4 atom stereocenters. The summed E-state index contributed by atoms with van der Waals surface area (Å²) >= 11 is 0. The lowest BCUT2D eigenvalue weighted by atomic mass is 9.72. The highest BCUT2D eigenvalue weighted by Gasteiger charge is 2.29. The molecule has 1 aromatic rings. The second-order valence-corrected chi connectivity index (χ2v) is 14.5. The summed E-state index contributed by atoms with van der Waals surface area (Å²) in [6.45, 7) is 16.7. The molecule has 45 heavy (non-hydrogen) atoms. The van der Waals surface area contributed by atoms with E-state index in [4.69, 9.17) is 0 Å². The van der Waals surface area contributed by atoms with E-state index in [9.17, 15) is 0 Å². The van der Waals surface area contributed by atoms with Gasteiger partial charge in [0.25, 0.3) is 0 Å². The van der Waals surface area contributed by atoms with Crippen LogP contribution < -0.4 is 10.4 Å². The first-order chi connectivity index (χ1) is 21.9. The molecule has 4 aliphatic carbocycles. The minimum atomic E-state index is 0.559. The first-order valence-electron chi connectivity index (χ1n) is 18.5. The highest BCUT2D eigenvalue weighted by molar-refractivity contribution is 5.78. The zero-order valence-electron chi connectivity index (χ0n) is 29.6. The van der Waals surface area contributed by atoms with Crippen molar-refractivity contribution in [2.24, 2.45) is 29.6 Å². The van der Waals surface area contributed by atoms with Crippen LogP contribution in [-0.2, 0) is 0 Å².